The Morgan fingerprint density at radius 2 is 2.31 bits per heavy atom. The van der Waals surface area contributed by atoms with E-state index < -0.39 is 11.7 Å². The predicted molar refractivity (Wildman–Crippen MR) is 93.0 cm³/mol. The highest BCUT2D eigenvalue weighted by molar-refractivity contribution is 6.00. The van der Waals surface area contributed by atoms with Gasteiger partial charge in [0.25, 0.3) is 5.91 Å². The van der Waals surface area contributed by atoms with Crippen molar-refractivity contribution in [2.75, 3.05) is 13.7 Å². The van der Waals surface area contributed by atoms with Gasteiger partial charge in [0.2, 0.25) is 0 Å². The molecule has 2 N–H and O–H groups in total. The highest BCUT2D eigenvalue weighted by Crippen LogP contribution is 2.43. The second-order valence-electron chi connectivity index (χ2n) is 7.13. The summed E-state index contributed by atoms with van der Waals surface area (Å²) in [5, 5.41) is 16.9. The van der Waals surface area contributed by atoms with E-state index in [2.05, 4.69) is 10.2 Å². The molecule has 1 amide bonds. The number of rotatable bonds is 3. The minimum absolute atomic E-state index is 0.168. The summed E-state index contributed by atoms with van der Waals surface area (Å²) in [6.07, 6.45) is 3.73. The van der Waals surface area contributed by atoms with Gasteiger partial charge in [0, 0.05) is 19.2 Å². The van der Waals surface area contributed by atoms with E-state index in [-0.39, 0.29) is 17.8 Å². The third kappa shape index (κ3) is 2.71. The summed E-state index contributed by atoms with van der Waals surface area (Å²) in [5.74, 6) is -0.540. The maximum absolute atomic E-state index is 13.6. The molecule has 2 fully saturated rings. The first kappa shape index (κ1) is 17.2. The van der Waals surface area contributed by atoms with Gasteiger partial charge in [0.05, 0.1) is 35.2 Å². The van der Waals surface area contributed by atoms with Crippen LogP contribution in [0.2, 0.25) is 0 Å². The molecule has 7 heteroatoms. The van der Waals surface area contributed by atoms with Crippen molar-refractivity contribution in [2.45, 2.75) is 43.4 Å². The molecule has 2 aromatic rings. The number of carbonyl (C=O) groups excluding carboxylic acids is 1. The normalized spacial score (nSPS) is 28.2. The number of aromatic nitrogens is 2. The molecular weight excluding hydrogens is 337 g/mol. The van der Waals surface area contributed by atoms with Gasteiger partial charge in [-0.2, -0.15) is 5.10 Å². The van der Waals surface area contributed by atoms with Crippen molar-refractivity contribution in [1.29, 1.82) is 0 Å². The van der Waals surface area contributed by atoms with Crippen molar-refractivity contribution < 1.29 is 19.0 Å². The number of carbonyl (C=O) groups is 1. The van der Waals surface area contributed by atoms with Gasteiger partial charge in [-0.05, 0) is 37.8 Å². The number of aliphatic hydroxyl groups is 1. The van der Waals surface area contributed by atoms with E-state index in [1.165, 1.54) is 18.3 Å². The van der Waals surface area contributed by atoms with E-state index in [0.717, 1.165) is 12.8 Å². The third-order valence-electron chi connectivity index (χ3n) is 5.81. The second-order valence-corrected chi connectivity index (χ2v) is 7.13. The standard InChI is InChI=1S/C19H22FN3O3/c1-26-19-6-5-14(24)10-16(19)23(8-7-19)18(25)15-11-21-22-17(15)12-3-2-4-13(20)9-12/h2-4,9,11,14,16,24H,5-8,10H2,1H3,(H,21,22)/t14-,16-,19+/m0/s1. The van der Waals surface area contributed by atoms with Gasteiger partial charge in [-0.3, -0.25) is 9.89 Å². The van der Waals surface area contributed by atoms with Crippen LogP contribution >= 0.6 is 0 Å². The van der Waals surface area contributed by atoms with Crippen LogP contribution in [0.1, 0.15) is 36.0 Å². The fraction of sp³-hybridized carbons (Fsp3) is 0.474. The largest absolute Gasteiger partial charge is 0.393 e. The Morgan fingerprint density at radius 1 is 1.46 bits per heavy atom. The Kier molecular flexibility index (Phi) is 4.28. The number of nitrogens with one attached hydrogen (secondary N) is 1. The zero-order valence-corrected chi connectivity index (χ0v) is 14.6. The topological polar surface area (TPSA) is 78.5 Å². The van der Waals surface area contributed by atoms with Crippen LogP contribution < -0.4 is 0 Å². The van der Waals surface area contributed by atoms with Crippen LogP contribution in [0.5, 0.6) is 0 Å². The van der Waals surface area contributed by atoms with Gasteiger partial charge < -0.3 is 14.7 Å². The predicted octanol–water partition coefficient (Wildman–Crippen LogP) is 2.36. The number of fused-ring (bicyclic) bond motifs is 1. The summed E-state index contributed by atoms with van der Waals surface area (Å²) < 4.78 is 19.4. The van der Waals surface area contributed by atoms with Crippen molar-refractivity contribution in [2.24, 2.45) is 0 Å². The van der Waals surface area contributed by atoms with E-state index in [1.54, 1.807) is 24.1 Å². The number of likely N-dealkylation sites (tertiary alicyclic amines) is 1. The molecule has 1 aliphatic carbocycles. The average molecular weight is 359 g/mol. The Balaban J connectivity index is 1.66. The number of hydrogen-bond acceptors (Lipinski definition) is 4. The molecule has 2 aliphatic rings. The number of aromatic amines is 1. The number of aliphatic hydroxyl groups excluding tert-OH is 1. The molecule has 26 heavy (non-hydrogen) atoms. The smallest absolute Gasteiger partial charge is 0.258 e. The van der Waals surface area contributed by atoms with E-state index in [4.69, 9.17) is 4.74 Å². The maximum atomic E-state index is 13.6. The molecule has 1 aliphatic heterocycles. The number of ether oxygens (including phenoxy) is 1. The summed E-state index contributed by atoms with van der Waals surface area (Å²) in [6, 6.07) is 5.90. The third-order valence-corrected chi connectivity index (χ3v) is 5.81. The SMILES string of the molecule is CO[C@@]12CC[C@H](O)C[C@@H]1N(C(=O)c1cn[nH]c1-c1cccc(F)c1)CC2. The lowest BCUT2D eigenvalue weighted by molar-refractivity contribution is -0.0824. The molecule has 1 aromatic heterocycles. The molecule has 2 heterocycles. The Hall–Kier alpha value is -2.25. The molecule has 1 saturated heterocycles. The summed E-state index contributed by atoms with van der Waals surface area (Å²) in [7, 11) is 1.68. The van der Waals surface area contributed by atoms with Gasteiger partial charge >= 0.3 is 0 Å². The van der Waals surface area contributed by atoms with Crippen LogP contribution in [0.4, 0.5) is 4.39 Å². The number of nitrogens with zero attached hydrogens (tertiary/aromatic N) is 2. The van der Waals surface area contributed by atoms with Gasteiger partial charge in [0.15, 0.2) is 0 Å². The number of methoxy groups -OCH3 is 1. The Labute approximate surface area is 151 Å². The minimum atomic E-state index is -0.427. The average Bonchev–Trinajstić information content (AvgIpc) is 3.26. The van der Waals surface area contributed by atoms with Gasteiger partial charge in [0.1, 0.15) is 5.82 Å². The molecule has 3 atom stereocenters. The first-order chi connectivity index (χ1) is 12.5. The molecule has 4 rings (SSSR count). The van der Waals surface area contributed by atoms with Crippen LogP contribution in [0.3, 0.4) is 0 Å². The monoisotopic (exact) mass is 359 g/mol. The molecular formula is C19H22FN3O3. The lowest BCUT2D eigenvalue weighted by Gasteiger charge is -2.42. The van der Waals surface area contributed by atoms with E-state index >= 15 is 0 Å². The van der Waals surface area contributed by atoms with Crippen LogP contribution in [0.25, 0.3) is 11.3 Å². The molecule has 0 bridgehead atoms. The van der Waals surface area contributed by atoms with Crippen molar-refractivity contribution in [3.63, 3.8) is 0 Å². The van der Waals surface area contributed by atoms with Gasteiger partial charge in [-0.1, -0.05) is 12.1 Å². The molecule has 0 unspecified atom stereocenters. The number of halogens is 1. The zero-order chi connectivity index (χ0) is 18.3. The highest BCUT2D eigenvalue weighted by Gasteiger charge is 2.52. The van der Waals surface area contributed by atoms with Gasteiger partial charge in [-0.25, -0.2) is 4.39 Å². The summed E-state index contributed by atoms with van der Waals surface area (Å²) in [4.78, 5) is 15.0. The summed E-state index contributed by atoms with van der Waals surface area (Å²) in [5.41, 5.74) is 1.09. The Bertz CT molecular complexity index is 824. The van der Waals surface area contributed by atoms with Crippen LogP contribution in [-0.2, 0) is 4.74 Å². The molecule has 1 aromatic carbocycles. The lowest BCUT2D eigenvalue weighted by atomic mass is 9.79. The highest BCUT2D eigenvalue weighted by atomic mass is 19.1. The van der Waals surface area contributed by atoms with Crippen molar-refractivity contribution >= 4 is 5.91 Å². The van der Waals surface area contributed by atoms with Crippen LogP contribution in [0, 0.1) is 5.82 Å². The fourth-order valence-electron chi connectivity index (χ4n) is 4.39. The summed E-state index contributed by atoms with van der Waals surface area (Å²) in [6.45, 7) is 0.567. The minimum Gasteiger partial charge on any atom is -0.393 e. The number of amides is 1. The van der Waals surface area contributed by atoms with Crippen LogP contribution in [-0.4, -0.2) is 57.5 Å². The summed E-state index contributed by atoms with van der Waals surface area (Å²) >= 11 is 0. The first-order valence-electron chi connectivity index (χ1n) is 8.87. The number of benzene rings is 1. The molecule has 0 spiro atoms. The molecule has 0 radical (unpaired) electrons. The number of H-pyrrole nitrogens is 1. The van der Waals surface area contributed by atoms with Gasteiger partial charge in [-0.15, -0.1) is 0 Å². The Morgan fingerprint density at radius 3 is 3.08 bits per heavy atom. The molecule has 1 saturated carbocycles. The quantitative estimate of drug-likeness (QED) is 0.882. The fourth-order valence-corrected chi connectivity index (χ4v) is 4.39. The molecule has 6 nitrogen and oxygen atoms in total. The molecule has 138 valence electrons. The van der Waals surface area contributed by atoms with E-state index in [9.17, 15) is 14.3 Å². The lowest BCUT2D eigenvalue weighted by Crippen LogP contribution is -2.52. The first-order valence-corrected chi connectivity index (χ1v) is 8.87. The van der Waals surface area contributed by atoms with E-state index in [1.807, 2.05) is 0 Å². The van der Waals surface area contributed by atoms with Crippen molar-refractivity contribution in [1.82, 2.24) is 15.1 Å². The number of hydrogen-bond donors (Lipinski definition) is 2. The van der Waals surface area contributed by atoms with E-state index in [0.29, 0.717) is 36.2 Å². The maximum Gasteiger partial charge on any atom is 0.258 e. The zero-order valence-electron chi connectivity index (χ0n) is 14.6. The van der Waals surface area contributed by atoms with Crippen LogP contribution in [0.15, 0.2) is 30.5 Å². The van der Waals surface area contributed by atoms with Crippen molar-refractivity contribution in [3.05, 3.63) is 41.8 Å². The van der Waals surface area contributed by atoms with Crippen molar-refractivity contribution in [3.8, 4) is 11.3 Å². The second kappa shape index (κ2) is 6.48.